The summed E-state index contributed by atoms with van der Waals surface area (Å²) in [7, 11) is 0. The summed E-state index contributed by atoms with van der Waals surface area (Å²) < 4.78 is 10.4. The van der Waals surface area contributed by atoms with Gasteiger partial charge in [-0.3, -0.25) is 38.5 Å². The molecule has 320 valence electrons. The molecule has 13 N–H and O–H groups in total. The Morgan fingerprint density at radius 1 is 0.845 bits per heavy atom. The fourth-order valence-electron chi connectivity index (χ4n) is 4.54. The number of unbranched alkanes of at least 4 members (excludes halogenated alkanes) is 2. The predicted octanol–water partition coefficient (Wildman–Crippen LogP) is -0.372. The Labute approximate surface area is 334 Å². The van der Waals surface area contributed by atoms with Crippen molar-refractivity contribution in [3.05, 3.63) is 52.1 Å². The lowest BCUT2D eigenvalue weighted by atomic mass is 10.2. The lowest BCUT2D eigenvalue weighted by Crippen LogP contribution is -2.49. The van der Waals surface area contributed by atoms with Crippen molar-refractivity contribution < 1.29 is 48.5 Å². The van der Waals surface area contributed by atoms with Gasteiger partial charge >= 0.3 is 11.9 Å². The number of nitrogens with two attached hydrogens (primary N) is 3. The Bertz CT molecular complexity index is 1810. The van der Waals surface area contributed by atoms with E-state index in [-0.39, 0.29) is 75.3 Å². The van der Waals surface area contributed by atoms with Gasteiger partial charge in [-0.2, -0.15) is 4.98 Å². The number of benzene rings is 1. The second-order valence-electron chi connectivity index (χ2n) is 11.9. The van der Waals surface area contributed by atoms with E-state index in [0.29, 0.717) is 37.3 Å². The molecule has 3 aromatic rings. The third-order valence-corrected chi connectivity index (χ3v) is 7.31. The zero-order chi connectivity index (χ0) is 43.3. The van der Waals surface area contributed by atoms with Crippen LogP contribution in [0.4, 0.5) is 11.6 Å². The molecule has 1 unspecified atom stereocenters. The number of carboxylic acids is 2. The van der Waals surface area contributed by atoms with E-state index in [0.717, 1.165) is 18.5 Å². The first-order valence-corrected chi connectivity index (χ1v) is 18.6. The molecule has 58 heavy (non-hydrogen) atoms. The number of aromatic amines is 1. The number of nitrogen functional groups attached to an aromatic ring is 1. The number of primary amides is 1. The van der Waals surface area contributed by atoms with Gasteiger partial charge in [-0.05, 0) is 50.1 Å². The van der Waals surface area contributed by atoms with Crippen molar-refractivity contribution in [3.8, 4) is 0 Å². The van der Waals surface area contributed by atoms with Crippen LogP contribution < -0.4 is 44.0 Å². The average molecular weight is 818 g/mol. The second-order valence-corrected chi connectivity index (χ2v) is 11.9. The molecule has 0 saturated heterocycles. The average Bonchev–Trinajstić information content (AvgIpc) is 3.18. The Kier molecular flexibility index (Phi) is 24.9. The van der Waals surface area contributed by atoms with Gasteiger partial charge in [0.1, 0.15) is 12.6 Å². The number of H-pyrrole nitrogens is 1. The van der Waals surface area contributed by atoms with Crippen LogP contribution in [0.25, 0.3) is 11.2 Å². The normalized spacial score (nSPS) is 10.8. The van der Waals surface area contributed by atoms with Crippen LogP contribution in [0.3, 0.4) is 0 Å². The van der Waals surface area contributed by atoms with E-state index >= 15 is 0 Å². The molecule has 3 rings (SSSR count). The number of nitrogens with one attached hydrogen (secondary N) is 5. The molecule has 0 aliphatic heterocycles. The Balaban J connectivity index is 0.000000584. The van der Waals surface area contributed by atoms with E-state index in [1.54, 1.807) is 24.3 Å². The molecule has 2 heterocycles. The fourth-order valence-corrected chi connectivity index (χ4v) is 4.54. The molecule has 22 heteroatoms. The Hall–Kier alpha value is -6.26. The summed E-state index contributed by atoms with van der Waals surface area (Å²) in [6.07, 6.45) is 3.66. The number of carbonyl (C=O) groups is 6. The first kappa shape index (κ1) is 49.8. The molecular weight excluding hydrogens is 762 g/mol. The number of hydrogen-bond donors (Lipinski definition) is 10. The summed E-state index contributed by atoms with van der Waals surface area (Å²) >= 11 is 0. The van der Waals surface area contributed by atoms with E-state index in [1.165, 1.54) is 6.20 Å². The molecular formula is C36H55N11O11. The van der Waals surface area contributed by atoms with Gasteiger partial charge in [0.05, 0.1) is 44.7 Å². The molecule has 0 fully saturated rings. The number of carboxylic acid groups (broad SMARTS) is 2. The van der Waals surface area contributed by atoms with Crippen molar-refractivity contribution in [2.45, 2.75) is 71.4 Å². The van der Waals surface area contributed by atoms with Crippen LogP contribution >= 0.6 is 0 Å². The van der Waals surface area contributed by atoms with Gasteiger partial charge in [0.25, 0.3) is 5.56 Å². The standard InChI is InChI=1S/C20H36N4O9.C14H13N7O2.C2H6/c21-7-2-1-3-8-23-20(31)15(13-19(29)30)24-17(26)14-33-12-11-32-10-9-22-16(25)5-4-6-18(27)28;15-11(22)7-1-3-8(4-2-7)17-5-9-6-18-12-10(19-9)13(23)21-14(16)20-12;1-2/h15H,1-14,21H2,(H,22,25)(H,23,31)(H,24,26)(H,27,28)(H,29,30);1-4,6,17H,5H2,(H2,15,22)(H3,16,18,20,21,23);1-2H3. The molecule has 0 bridgehead atoms. The molecule has 0 aliphatic rings. The summed E-state index contributed by atoms with van der Waals surface area (Å²) in [6.45, 7) is 5.61. The lowest BCUT2D eigenvalue weighted by Gasteiger charge is -2.17. The van der Waals surface area contributed by atoms with Gasteiger partial charge in [0.15, 0.2) is 11.2 Å². The predicted molar refractivity (Wildman–Crippen MR) is 212 cm³/mol. The smallest absolute Gasteiger partial charge is 0.305 e. The van der Waals surface area contributed by atoms with Gasteiger partial charge in [-0.25, -0.2) is 9.97 Å². The van der Waals surface area contributed by atoms with Gasteiger partial charge in [-0.15, -0.1) is 0 Å². The van der Waals surface area contributed by atoms with Crippen molar-refractivity contribution in [1.82, 2.24) is 35.9 Å². The molecule has 0 saturated carbocycles. The number of nitrogens with zero attached hydrogens (tertiary/aromatic N) is 3. The van der Waals surface area contributed by atoms with Crippen LogP contribution in [-0.2, 0) is 40.0 Å². The third-order valence-electron chi connectivity index (χ3n) is 7.31. The van der Waals surface area contributed by atoms with Gasteiger partial charge in [-0.1, -0.05) is 20.3 Å². The number of amides is 4. The zero-order valence-corrected chi connectivity index (χ0v) is 32.7. The first-order valence-electron chi connectivity index (χ1n) is 18.6. The SMILES string of the molecule is CC.NC(=O)c1ccc(NCc2cnc3nc(N)[nH]c(=O)c3n2)cc1.NCCCCCNC(=O)C(CC(=O)O)NC(=O)COCCOCCNC(=O)CCCC(=O)O. The Morgan fingerprint density at radius 2 is 1.55 bits per heavy atom. The van der Waals surface area contributed by atoms with E-state index < -0.39 is 47.7 Å². The van der Waals surface area contributed by atoms with Gasteiger partial charge < -0.3 is 58.2 Å². The minimum absolute atomic E-state index is 0.00258. The van der Waals surface area contributed by atoms with Crippen LogP contribution in [0.1, 0.15) is 74.8 Å². The maximum atomic E-state index is 12.1. The van der Waals surface area contributed by atoms with E-state index in [1.807, 2.05) is 13.8 Å². The number of anilines is 2. The summed E-state index contributed by atoms with van der Waals surface area (Å²) in [6, 6.07) is 5.48. The number of carbonyl (C=O) groups excluding carboxylic acids is 4. The maximum absolute atomic E-state index is 12.1. The van der Waals surface area contributed by atoms with Crippen LogP contribution in [0.15, 0.2) is 35.3 Å². The summed E-state index contributed by atoms with van der Waals surface area (Å²) in [4.78, 5) is 94.2. The highest BCUT2D eigenvalue weighted by atomic mass is 16.5. The van der Waals surface area contributed by atoms with Crippen LogP contribution in [0.5, 0.6) is 0 Å². The van der Waals surface area contributed by atoms with E-state index in [9.17, 15) is 33.6 Å². The second kappa shape index (κ2) is 29.0. The first-order chi connectivity index (χ1) is 27.8. The van der Waals surface area contributed by atoms with E-state index in [4.69, 9.17) is 36.9 Å². The van der Waals surface area contributed by atoms with Crippen LogP contribution in [-0.4, -0.2) is 118 Å². The molecule has 0 radical (unpaired) electrons. The molecule has 4 amide bonds. The monoisotopic (exact) mass is 817 g/mol. The summed E-state index contributed by atoms with van der Waals surface area (Å²) in [5, 5.41) is 28.1. The third kappa shape index (κ3) is 21.7. The summed E-state index contributed by atoms with van der Waals surface area (Å²) in [5.41, 5.74) is 17.7. The quantitative estimate of drug-likeness (QED) is 0.0487. The number of hydrogen-bond acceptors (Lipinski definition) is 15. The van der Waals surface area contributed by atoms with Crippen molar-refractivity contribution in [2.75, 3.05) is 57.1 Å². The highest BCUT2D eigenvalue weighted by molar-refractivity contribution is 5.93. The van der Waals surface area contributed by atoms with Gasteiger partial charge in [0, 0.05) is 37.2 Å². The number of aliphatic carboxylic acids is 2. The van der Waals surface area contributed by atoms with Crippen molar-refractivity contribution in [3.63, 3.8) is 0 Å². The fraction of sp³-hybridized carbons (Fsp3) is 0.500. The minimum atomic E-state index is -1.22. The topological polar surface area (TPSA) is 359 Å². The number of aromatic nitrogens is 4. The molecule has 2 aromatic heterocycles. The highest BCUT2D eigenvalue weighted by Crippen LogP contribution is 2.11. The number of fused-ring (bicyclic) bond motifs is 1. The zero-order valence-electron chi connectivity index (χ0n) is 32.7. The van der Waals surface area contributed by atoms with Crippen molar-refractivity contribution in [1.29, 1.82) is 0 Å². The van der Waals surface area contributed by atoms with Crippen LogP contribution in [0.2, 0.25) is 0 Å². The summed E-state index contributed by atoms with van der Waals surface area (Å²) in [5.74, 6) is -4.13. The number of ether oxygens (including phenoxy) is 2. The maximum Gasteiger partial charge on any atom is 0.305 e. The molecule has 1 atom stereocenters. The largest absolute Gasteiger partial charge is 0.481 e. The highest BCUT2D eigenvalue weighted by Gasteiger charge is 2.23. The molecule has 22 nitrogen and oxygen atoms in total. The number of rotatable bonds is 25. The van der Waals surface area contributed by atoms with Crippen LogP contribution in [0, 0.1) is 0 Å². The van der Waals surface area contributed by atoms with E-state index in [2.05, 4.69) is 41.2 Å². The minimum Gasteiger partial charge on any atom is -0.481 e. The molecule has 0 aliphatic carbocycles. The Morgan fingerprint density at radius 3 is 2.21 bits per heavy atom. The molecule has 0 spiro atoms. The van der Waals surface area contributed by atoms with Crippen molar-refractivity contribution >= 4 is 58.4 Å². The lowest BCUT2D eigenvalue weighted by molar-refractivity contribution is -0.141. The van der Waals surface area contributed by atoms with Gasteiger partial charge in [0.2, 0.25) is 29.6 Å². The van der Waals surface area contributed by atoms with Crippen molar-refractivity contribution in [2.24, 2.45) is 11.5 Å². The molecule has 1 aromatic carbocycles.